The Bertz CT molecular complexity index is 358. The van der Waals surface area contributed by atoms with Crippen molar-refractivity contribution in [2.75, 3.05) is 44.3 Å². The molecule has 2 atom stereocenters. The zero-order valence-corrected chi connectivity index (χ0v) is 11.9. The molecule has 0 aliphatic carbocycles. The minimum atomic E-state index is -2.85. The lowest BCUT2D eigenvalue weighted by Crippen LogP contribution is -2.49. The third-order valence-electron chi connectivity index (χ3n) is 3.86. The number of sulfone groups is 1. The number of rotatable bonds is 6. The molecule has 0 amide bonds. The fourth-order valence-corrected chi connectivity index (χ4v) is 3.39. The normalized spacial score (nSPS) is 29.4. The van der Waals surface area contributed by atoms with Crippen LogP contribution in [0.5, 0.6) is 0 Å². The van der Waals surface area contributed by atoms with Gasteiger partial charge in [0.2, 0.25) is 0 Å². The lowest BCUT2D eigenvalue weighted by Gasteiger charge is -2.35. The van der Waals surface area contributed by atoms with Crippen molar-refractivity contribution >= 4 is 9.84 Å². The number of hydrogen-bond acceptors (Lipinski definition) is 5. The number of ether oxygens (including phenoxy) is 1. The molecule has 6 heteroatoms. The summed E-state index contributed by atoms with van der Waals surface area (Å²) >= 11 is 0. The largest absolute Gasteiger partial charge is 0.374 e. The molecule has 0 aromatic rings. The van der Waals surface area contributed by atoms with E-state index in [4.69, 9.17) is 4.74 Å². The molecule has 106 valence electrons. The van der Waals surface area contributed by atoms with Crippen LogP contribution in [0.1, 0.15) is 19.8 Å². The molecular formula is C12H24N2O3S. The summed E-state index contributed by atoms with van der Waals surface area (Å²) in [6, 6.07) is 0.627. The van der Waals surface area contributed by atoms with Gasteiger partial charge in [0.1, 0.15) is 0 Å². The summed E-state index contributed by atoms with van der Waals surface area (Å²) < 4.78 is 28.4. The fourth-order valence-electron chi connectivity index (χ4n) is 2.64. The summed E-state index contributed by atoms with van der Waals surface area (Å²) in [7, 11) is -2.85. The fraction of sp³-hybridized carbons (Fsp3) is 1.00. The summed E-state index contributed by atoms with van der Waals surface area (Å²) in [5.41, 5.74) is 0. The standard InChI is InChI=1S/C12H24N2O3S/c1-2-18(15,16)7-5-13-8-12-9-14-6-3-4-11(14)10-17-12/h11-13H,2-10H2,1H3. The molecular weight excluding hydrogens is 252 g/mol. The molecule has 2 aliphatic heterocycles. The topological polar surface area (TPSA) is 58.6 Å². The van der Waals surface area contributed by atoms with Crippen molar-refractivity contribution in [1.82, 2.24) is 10.2 Å². The summed E-state index contributed by atoms with van der Waals surface area (Å²) in [5.74, 6) is 0.451. The minimum Gasteiger partial charge on any atom is -0.374 e. The number of nitrogens with zero attached hydrogens (tertiary/aromatic N) is 1. The second-order valence-corrected chi connectivity index (χ2v) is 7.66. The van der Waals surface area contributed by atoms with Crippen LogP contribution in [0.4, 0.5) is 0 Å². The Kier molecular flexibility index (Phi) is 5.00. The van der Waals surface area contributed by atoms with Gasteiger partial charge in [0, 0.05) is 31.4 Å². The molecule has 5 nitrogen and oxygen atoms in total. The highest BCUT2D eigenvalue weighted by atomic mass is 32.2. The van der Waals surface area contributed by atoms with Crippen molar-refractivity contribution in [2.24, 2.45) is 0 Å². The zero-order chi connectivity index (χ0) is 13.0. The van der Waals surface area contributed by atoms with Crippen molar-refractivity contribution in [2.45, 2.75) is 31.9 Å². The van der Waals surface area contributed by atoms with Gasteiger partial charge in [-0.05, 0) is 19.4 Å². The summed E-state index contributed by atoms with van der Waals surface area (Å²) in [6.07, 6.45) is 2.75. The van der Waals surface area contributed by atoms with Crippen LogP contribution in [-0.2, 0) is 14.6 Å². The highest BCUT2D eigenvalue weighted by Crippen LogP contribution is 2.22. The molecule has 0 aromatic carbocycles. The maximum absolute atomic E-state index is 11.3. The molecule has 1 N–H and O–H groups in total. The first-order valence-electron chi connectivity index (χ1n) is 6.87. The molecule has 0 radical (unpaired) electrons. The number of fused-ring (bicyclic) bond motifs is 1. The van der Waals surface area contributed by atoms with Crippen molar-refractivity contribution in [3.8, 4) is 0 Å². The Morgan fingerprint density at radius 3 is 3.06 bits per heavy atom. The molecule has 2 aliphatic rings. The SMILES string of the molecule is CCS(=O)(=O)CCNCC1CN2CCCC2CO1. The van der Waals surface area contributed by atoms with Crippen LogP contribution in [0.15, 0.2) is 0 Å². The Hall–Kier alpha value is -0.170. The molecule has 2 fully saturated rings. The predicted octanol–water partition coefficient (Wildman–Crippen LogP) is -0.126. The van der Waals surface area contributed by atoms with E-state index in [2.05, 4.69) is 10.2 Å². The summed E-state index contributed by atoms with van der Waals surface area (Å²) in [5, 5.41) is 3.19. The van der Waals surface area contributed by atoms with E-state index in [0.29, 0.717) is 12.6 Å². The van der Waals surface area contributed by atoms with Gasteiger partial charge in [-0.3, -0.25) is 4.90 Å². The summed E-state index contributed by atoms with van der Waals surface area (Å²) in [4.78, 5) is 2.50. The Morgan fingerprint density at radius 1 is 1.44 bits per heavy atom. The number of morpholine rings is 1. The van der Waals surface area contributed by atoms with E-state index in [1.54, 1.807) is 6.92 Å². The lowest BCUT2D eigenvalue weighted by atomic mass is 10.2. The van der Waals surface area contributed by atoms with Gasteiger partial charge in [0.15, 0.2) is 9.84 Å². The smallest absolute Gasteiger partial charge is 0.151 e. The Balaban J connectivity index is 1.63. The van der Waals surface area contributed by atoms with Crippen LogP contribution in [0.25, 0.3) is 0 Å². The van der Waals surface area contributed by atoms with Gasteiger partial charge in [-0.1, -0.05) is 6.92 Å². The third kappa shape index (κ3) is 3.91. The highest BCUT2D eigenvalue weighted by molar-refractivity contribution is 7.91. The van der Waals surface area contributed by atoms with Crippen LogP contribution in [-0.4, -0.2) is 69.8 Å². The highest BCUT2D eigenvalue weighted by Gasteiger charge is 2.31. The van der Waals surface area contributed by atoms with Crippen molar-refractivity contribution in [1.29, 1.82) is 0 Å². The van der Waals surface area contributed by atoms with Crippen molar-refractivity contribution in [3.63, 3.8) is 0 Å². The van der Waals surface area contributed by atoms with Gasteiger partial charge in [-0.25, -0.2) is 8.42 Å². The quantitative estimate of drug-likeness (QED) is 0.685. The molecule has 0 bridgehead atoms. The maximum Gasteiger partial charge on any atom is 0.151 e. The van der Waals surface area contributed by atoms with Crippen LogP contribution >= 0.6 is 0 Å². The van der Waals surface area contributed by atoms with E-state index < -0.39 is 9.84 Å². The van der Waals surface area contributed by atoms with Gasteiger partial charge >= 0.3 is 0 Å². The Labute approximate surface area is 110 Å². The van der Waals surface area contributed by atoms with Crippen LogP contribution < -0.4 is 5.32 Å². The minimum absolute atomic E-state index is 0.212. The third-order valence-corrected chi connectivity index (χ3v) is 5.57. The molecule has 2 saturated heterocycles. The van der Waals surface area contributed by atoms with E-state index in [1.807, 2.05) is 0 Å². The van der Waals surface area contributed by atoms with Crippen molar-refractivity contribution < 1.29 is 13.2 Å². The maximum atomic E-state index is 11.3. The molecule has 2 unspecified atom stereocenters. The average Bonchev–Trinajstić information content (AvgIpc) is 2.82. The van der Waals surface area contributed by atoms with Gasteiger partial charge in [0.25, 0.3) is 0 Å². The van der Waals surface area contributed by atoms with Crippen LogP contribution in [0.3, 0.4) is 0 Å². The van der Waals surface area contributed by atoms with Gasteiger partial charge < -0.3 is 10.1 Å². The van der Waals surface area contributed by atoms with Crippen molar-refractivity contribution in [3.05, 3.63) is 0 Å². The van der Waals surface area contributed by atoms with Gasteiger partial charge in [0.05, 0.1) is 18.5 Å². The first-order valence-corrected chi connectivity index (χ1v) is 8.69. The lowest BCUT2D eigenvalue weighted by molar-refractivity contribution is -0.0467. The van der Waals surface area contributed by atoms with E-state index >= 15 is 0 Å². The number of hydrogen-bond donors (Lipinski definition) is 1. The van der Waals surface area contributed by atoms with E-state index in [9.17, 15) is 8.42 Å². The molecule has 2 rings (SSSR count). The number of nitrogens with one attached hydrogen (secondary N) is 1. The van der Waals surface area contributed by atoms with Crippen LogP contribution in [0, 0.1) is 0 Å². The van der Waals surface area contributed by atoms with E-state index in [1.165, 1.54) is 19.4 Å². The predicted molar refractivity (Wildman–Crippen MR) is 71.5 cm³/mol. The summed E-state index contributed by atoms with van der Waals surface area (Å²) in [6.45, 7) is 5.97. The Morgan fingerprint density at radius 2 is 2.28 bits per heavy atom. The zero-order valence-electron chi connectivity index (χ0n) is 11.1. The molecule has 0 spiro atoms. The molecule has 18 heavy (non-hydrogen) atoms. The second-order valence-electron chi connectivity index (χ2n) is 5.19. The molecule has 2 heterocycles. The van der Waals surface area contributed by atoms with E-state index in [-0.39, 0.29) is 17.6 Å². The van der Waals surface area contributed by atoms with Crippen LogP contribution in [0.2, 0.25) is 0 Å². The average molecular weight is 276 g/mol. The first-order chi connectivity index (χ1) is 8.61. The molecule has 0 saturated carbocycles. The second kappa shape index (κ2) is 6.32. The first kappa shape index (κ1) is 14.2. The van der Waals surface area contributed by atoms with E-state index in [0.717, 1.165) is 19.7 Å². The molecule has 0 aromatic heterocycles. The van der Waals surface area contributed by atoms with Gasteiger partial charge in [-0.15, -0.1) is 0 Å². The van der Waals surface area contributed by atoms with Gasteiger partial charge in [-0.2, -0.15) is 0 Å². The monoisotopic (exact) mass is 276 g/mol.